The molecular weight excluding hydrogens is 420 g/mol. The fraction of sp³-hybridized carbons (Fsp3) is 0.115. The first-order valence-corrected chi connectivity index (χ1v) is 10.5. The van der Waals surface area contributed by atoms with Crippen molar-refractivity contribution in [2.24, 2.45) is 0 Å². The molecule has 1 aliphatic rings. The van der Waals surface area contributed by atoms with Gasteiger partial charge in [0, 0.05) is 23.5 Å². The minimum atomic E-state index is -0.871. The SMILES string of the molecule is CCOc1ccc(N2C(=O)C(O)=C(C(=O)c3cc4ccccc4o3)C2c2cccnc2)cc1. The number of anilines is 1. The van der Waals surface area contributed by atoms with Crippen LogP contribution in [0.15, 0.2) is 94.9 Å². The van der Waals surface area contributed by atoms with Gasteiger partial charge in [-0.25, -0.2) is 0 Å². The number of ketones is 1. The Labute approximate surface area is 189 Å². The molecule has 2 aromatic carbocycles. The van der Waals surface area contributed by atoms with Gasteiger partial charge in [0.2, 0.25) is 5.78 Å². The second-order valence-corrected chi connectivity index (χ2v) is 7.53. The van der Waals surface area contributed by atoms with Gasteiger partial charge >= 0.3 is 0 Å². The highest BCUT2D eigenvalue weighted by Crippen LogP contribution is 2.42. The van der Waals surface area contributed by atoms with Crippen LogP contribution in [0.1, 0.15) is 29.1 Å². The molecule has 2 aromatic heterocycles. The summed E-state index contributed by atoms with van der Waals surface area (Å²) in [5, 5.41) is 11.6. The maximum Gasteiger partial charge on any atom is 0.294 e. The lowest BCUT2D eigenvalue weighted by molar-refractivity contribution is -0.117. The lowest BCUT2D eigenvalue weighted by atomic mass is 9.96. The first-order chi connectivity index (χ1) is 16.1. The van der Waals surface area contributed by atoms with E-state index < -0.39 is 23.5 Å². The molecule has 7 nitrogen and oxygen atoms in total. The molecule has 3 heterocycles. The summed E-state index contributed by atoms with van der Waals surface area (Å²) in [5.74, 6) is -1.13. The number of hydrogen-bond donors (Lipinski definition) is 1. The van der Waals surface area contributed by atoms with Crippen LogP contribution in [-0.2, 0) is 4.79 Å². The van der Waals surface area contributed by atoms with E-state index in [0.717, 1.165) is 5.39 Å². The highest BCUT2D eigenvalue weighted by molar-refractivity contribution is 6.20. The fourth-order valence-electron chi connectivity index (χ4n) is 4.05. The number of amides is 1. The summed E-state index contributed by atoms with van der Waals surface area (Å²) in [5.41, 5.74) is 1.59. The topological polar surface area (TPSA) is 92.9 Å². The van der Waals surface area contributed by atoms with Gasteiger partial charge in [-0.3, -0.25) is 19.5 Å². The third-order valence-corrected chi connectivity index (χ3v) is 5.53. The van der Waals surface area contributed by atoms with Crippen LogP contribution in [0.3, 0.4) is 0 Å². The fourth-order valence-corrected chi connectivity index (χ4v) is 4.05. The Morgan fingerprint density at radius 2 is 1.91 bits per heavy atom. The Morgan fingerprint density at radius 1 is 1.12 bits per heavy atom. The van der Waals surface area contributed by atoms with Crippen LogP contribution in [0, 0.1) is 0 Å². The molecule has 0 bridgehead atoms. The van der Waals surface area contributed by atoms with Crippen LogP contribution in [0.5, 0.6) is 5.75 Å². The Morgan fingerprint density at radius 3 is 2.61 bits per heavy atom. The maximum absolute atomic E-state index is 13.5. The molecule has 4 aromatic rings. The predicted molar refractivity (Wildman–Crippen MR) is 122 cm³/mol. The van der Waals surface area contributed by atoms with E-state index >= 15 is 0 Å². The molecule has 33 heavy (non-hydrogen) atoms. The normalized spacial score (nSPS) is 16.0. The zero-order chi connectivity index (χ0) is 22.9. The number of fused-ring (bicyclic) bond motifs is 1. The zero-order valence-corrected chi connectivity index (χ0v) is 17.8. The van der Waals surface area contributed by atoms with Crippen LogP contribution < -0.4 is 9.64 Å². The van der Waals surface area contributed by atoms with Crippen molar-refractivity contribution in [2.75, 3.05) is 11.5 Å². The van der Waals surface area contributed by atoms with Gasteiger partial charge in [0.1, 0.15) is 11.3 Å². The number of pyridine rings is 1. The minimum absolute atomic E-state index is 0.0491. The van der Waals surface area contributed by atoms with Gasteiger partial charge in [-0.05, 0) is 55.0 Å². The summed E-state index contributed by atoms with van der Waals surface area (Å²) in [6.07, 6.45) is 3.18. The number of aromatic nitrogens is 1. The third kappa shape index (κ3) is 3.53. The van der Waals surface area contributed by atoms with E-state index in [9.17, 15) is 14.7 Å². The number of hydrogen-bond acceptors (Lipinski definition) is 6. The lowest BCUT2D eigenvalue weighted by Crippen LogP contribution is -2.31. The Kier molecular flexibility index (Phi) is 5.14. The van der Waals surface area contributed by atoms with E-state index in [2.05, 4.69) is 4.98 Å². The van der Waals surface area contributed by atoms with Gasteiger partial charge in [-0.1, -0.05) is 24.3 Å². The standard InChI is InChI=1S/C26H20N2O5/c1-2-32-19-11-9-18(10-12-19)28-23(17-7-5-13-27-15-17)22(25(30)26(28)31)24(29)21-14-16-6-3-4-8-20(16)33-21/h3-15,23,30H,2H2,1H3. The zero-order valence-electron chi connectivity index (χ0n) is 17.8. The molecule has 1 aliphatic heterocycles. The molecule has 0 saturated heterocycles. The molecule has 0 fully saturated rings. The number of furan rings is 1. The van der Waals surface area contributed by atoms with Gasteiger partial charge < -0.3 is 14.3 Å². The number of benzene rings is 2. The molecule has 5 rings (SSSR count). The van der Waals surface area contributed by atoms with Crippen molar-refractivity contribution in [3.05, 3.63) is 102 Å². The second-order valence-electron chi connectivity index (χ2n) is 7.53. The van der Waals surface area contributed by atoms with Gasteiger partial charge in [0.25, 0.3) is 5.91 Å². The maximum atomic E-state index is 13.5. The monoisotopic (exact) mass is 440 g/mol. The summed E-state index contributed by atoms with van der Waals surface area (Å²) >= 11 is 0. The van der Waals surface area contributed by atoms with Crippen LogP contribution in [-0.4, -0.2) is 28.4 Å². The van der Waals surface area contributed by atoms with Crippen LogP contribution in [0.4, 0.5) is 5.69 Å². The molecular formula is C26H20N2O5. The summed E-state index contributed by atoms with van der Waals surface area (Å²) in [6.45, 7) is 2.40. The molecule has 1 unspecified atom stereocenters. The quantitative estimate of drug-likeness (QED) is 0.424. The molecule has 164 valence electrons. The molecule has 7 heteroatoms. The molecule has 1 N–H and O–H groups in total. The van der Waals surface area contributed by atoms with Crippen molar-refractivity contribution in [3.63, 3.8) is 0 Å². The summed E-state index contributed by atoms with van der Waals surface area (Å²) in [4.78, 5) is 32.3. The summed E-state index contributed by atoms with van der Waals surface area (Å²) < 4.78 is 11.2. The molecule has 1 atom stereocenters. The molecule has 0 radical (unpaired) electrons. The highest BCUT2D eigenvalue weighted by atomic mass is 16.5. The minimum Gasteiger partial charge on any atom is -0.503 e. The number of aliphatic hydroxyl groups is 1. The lowest BCUT2D eigenvalue weighted by Gasteiger charge is -2.26. The van der Waals surface area contributed by atoms with Crippen molar-refractivity contribution in [1.29, 1.82) is 0 Å². The van der Waals surface area contributed by atoms with E-state index in [4.69, 9.17) is 9.15 Å². The molecule has 0 spiro atoms. The van der Waals surface area contributed by atoms with E-state index in [1.54, 1.807) is 60.9 Å². The highest BCUT2D eigenvalue weighted by Gasteiger charge is 2.45. The summed E-state index contributed by atoms with van der Waals surface area (Å²) in [6, 6.07) is 18.4. The van der Waals surface area contributed by atoms with Crippen molar-refractivity contribution < 1.29 is 23.8 Å². The number of aliphatic hydroxyl groups excluding tert-OH is 1. The number of rotatable bonds is 6. The average molecular weight is 440 g/mol. The molecule has 0 aliphatic carbocycles. The van der Waals surface area contributed by atoms with Gasteiger partial charge in [-0.2, -0.15) is 0 Å². The number of Topliss-reactive ketones (excluding diaryl/α,β-unsaturated/α-hetero) is 1. The van der Waals surface area contributed by atoms with Gasteiger partial charge in [0.05, 0.1) is 18.2 Å². The van der Waals surface area contributed by atoms with Crippen molar-refractivity contribution in [3.8, 4) is 5.75 Å². The molecule has 0 saturated carbocycles. The van der Waals surface area contributed by atoms with Crippen molar-refractivity contribution >= 4 is 28.3 Å². The summed E-state index contributed by atoms with van der Waals surface area (Å²) in [7, 11) is 0. The Hall–Kier alpha value is -4.39. The van der Waals surface area contributed by atoms with Crippen molar-refractivity contribution in [2.45, 2.75) is 13.0 Å². The Bertz CT molecular complexity index is 1340. The second kappa shape index (κ2) is 8.27. The number of carbonyl (C=O) groups is 2. The first kappa shape index (κ1) is 20.5. The van der Waals surface area contributed by atoms with E-state index in [-0.39, 0.29) is 11.3 Å². The van der Waals surface area contributed by atoms with E-state index in [1.165, 1.54) is 4.90 Å². The van der Waals surface area contributed by atoms with Crippen LogP contribution in [0.25, 0.3) is 11.0 Å². The average Bonchev–Trinajstić information content (AvgIpc) is 3.39. The van der Waals surface area contributed by atoms with Gasteiger partial charge in [-0.15, -0.1) is 0 Å². The van der Waals surface area contributed by atoms with Crippen molar-refractivity contribution in [1.82, 2.24) is 4.98 Å². The number of para-hydroxylation sites is 1. The van der Waals surface area contributed by atoms with E-state index in [0.29, 0.717) is 29.2 Å². The first-order valence-electron chi connectivity index (χ1n) is 10.5. The number of ether oxygens (including phenoxy) is 1. The van der Waals surface area contributed by atoms with Crippen LogP contribution >= 0.6 is 0 Å². The number of carbonyl (C=O) groups excluding carboxylic acids is 2. The third-order valence-electron chi connectivity index (χ3n) is 5.53. The van der Waals surface area contributed by atoms with Gasteiger partial charge in [0.15, 0.2) is 11.5 Å². The number of nitrogens with zero attached hydrogens (tertiary/aromatic N) is 2. The van der Waals surface area contributed by atoms with E-state index in [1.807, 2.05) is 25.1 Å². The Balaban J connectivity index is 1.61. The largest absolute Gasteiger partial charge is 0.503 e. The predicted octanol–water partition coefficient (Wildman–Crippen LogP) is 5.01. The smallest absolute Gasteiger partial charge is 0.294 e. The van der Waals surface area contributed by atoms with Crippen LogP contribution in [0.2, 0.25) is 0 Å². The molecule has 1 amide bonds.